The molecular formula is C19H32IN5O. The fraction of sp³-hybridized carbons (Fsp3) is 0.684. The average Bonchev–Trinajstić information content (AvgIpc) is 2.55. The fourth-order valence-electron chi connectivity index (χ4n) is 3.99. The zero-order chi connectivity index (χ0) is 17.9. The summed E-state index contributed by atoms with van der Waals surface area (Å²) in [6.45, 7) is 3.55. The van der Waals surface area contributed by atoms with Crippen LogP contribution in [0.2, 0.25) is 0 Å². The van der Waals surface area contributed by atoms with Crippen molar-refractivity contribution in [3.8, 4) is 0 Å². The fourth-order valence-corrected chi connectivity index (χ4v) is 3.99. The van der Waals surface area contributed by atoms with Gasteiger partial charge in [-0.1, -0.05) is 12.5 Å². The minimum Gasteiger partial charge on any atom is -0.378 e. The van der Waals surface area contributed by atoms with Gasteiger partial charge in [-0.05, 0) is 38.3 Å². The third-order valence-electron chi connectivity index (χ3n) is 5.66. The third kappa shape index (κ3) is 4.24. The largest absolute Gasteiger partial charge is 0.378 e. The van der Waals surface area contributed by atoms with Gasteiger partial charge in [0.1, 0.15) is 5.82 Å². The smallest absolute Gasteiger partial charge is 0.191 e. The van der Waals surface area contributed by atoms with Crippen molar-refractivity contribution in [2.24, 2.45) is 10.4 Å². The number of hydrogen-bond acceptors (Lipinski definition) is 4. The number of ether oxygens (including phenoxy) is 1. The number of anilines is 1. The Morgan fingerprint density at radius 1 is 1.38 bits per heavy atom. The summed E-state index contributed by atoms with van der Waals surface area (Å²) in [5, 5.41) is 7.01. The number of guanidine groups is 1. The Hall–Kier alpha value is -1.09. The van der Waals surface area contributed by atoms with Crippen molar-refractivity contribution in [3.63, 3.8) is 0 Å². The molecule has 1 aromatic heterocycles. The molecule has 0 bridgehead atoms. The SMILES string of the molecule is CCOC1CC(NC(=NC)NCc2cccc(N(C)C)n2)C12CCC2.I. The maximum absolute atomic E-state index is 5.93. The van der Waals surface area contributed by atoms with Gasteiger partial charge in [-0.15, -0.1) is 24.0 Å². The zero-order valence-corrected chi connectivity index (χ0v) is 18.6. The van der Waals surface area contributed by atoms with E-state index in [0.717, 1.165) is 30.5 Å². The molecule has 0 aliphatic heterocycles. The number of aliphatic imine (C=N–C) groups is 1. The molecule has 2 aliphatic rings. The summed E-state index contributed by atoms with van der Waals surface area (Å²) < 4.78 is 5.93. The molecule has 0 aromatic carbocycles. The highest BCUT2D eigenvalue weighted by molar-refractivity contribution is 14.0. The van der Waals surface area contributed by atoms with Gasteiger partial charge in [-0.25, -0.2) is 4.98 Å². The number of rotatable bonds is 6. The summed E-state index contributed by atoms with van der Waals surface area (Å²) in [5.74, 6) is 1.82. The topological polar surface area (TPSA) is 61.8 Å². The van der Waals surface area contributed by atoms with Crippen LogP contribution in [-0.4, -0.2) is 50.8 Å². The van der Waals surface area contributed by atoms with Crippen LogP contribution in [-0.2, 0) is 11.3 Å². The van der Waals surface area contributed by atoms with E-state index in [-0.39, 0.29) is 24.0 Å². The minimum absolute atomic E-state index is 0. The van der Waals surface area contributed by atoms with Crippen molar-refractivity contribution >= 4 is 35.8 Å². The minimum atomic E-state index is 0. The third-order valence-corrected chi connectivity index (χ3v) is 5.66. The van der Waals surface area contributed by atoms with Gasteiger partial charge >= 0.3 is 0 Å². The highest BCUT2D eigenvalue weighted by Crippen LogP contribution is 2.57. The van der Waals surface area contributed by atoms with Gasteiger partial charge in [0.25, 0.3) is 0 Å². The lowest BCUT2D eigenvalue weighted by Gasteiger charge is -2.61. The predicted octanol–water partition coefficient (Wildman–Crippen LogP) is 2.78. The molecule has 2 atom stereocenters. The van der Waals surface area contributed by atoms with Crippen LogP contribution in [0.1, 0.15) is 38.3 Å². The Bertz CT molecular complexity index is 618. The molecule has 3 rings (SSSR count). The highest BCUT2D eigenvalue weighted by atomic mass is 127. The van der Waals surface area contributed by atoms with Crippen molar-refractivity contribution < 1.29 is 4.74 Å². The quantitative estimate of drug-likeness (QED) is 0.378. The summed E-state index contributed by atoms with van der Waals surface area (Å²) in [6.07, 6.45) is 5.33. The molecule has 7 heteroatoms. The van der Waals surface area contributed by atoms with Gasteiger partial charge in [0, 0.05) is 39.2 Å². The Labute approximate surface area is 174 Å². The van der Waals surface area contributed by atoms with Gasteiger partial charge in [-0.3, -0.25) is 4.99 Å². The van der Waals surface area contributed by atoms with Crippen molar-refractivity contribution in [2.75, 3.05) is 32.6 Å². The van der Waals surface area contributed by atoms with E-state index in [1.165, 1.54) is 19.3 Å². The number of hydrogen-bond donors (Lipinski definition) is 2. The van der Waals surface area contributed by atoms with Crippen LogP contribution >= 0.6 is 24.0 Å². The van der Waals surface area contributed by atoms with Crippen molar-refractivity contribution in [1.29, 1.82) is 0 Å². The summed E-state index contributed by atoms with van der Waals surface area (Å²) in [4.78, 5) is 11.1. The first-order valence-electron chi connectivity index (χ1n) is 9.31. The lowest BCUT2D eigenvalue weighted by molar-refractivity contribution is -0.168. The van der Waals surface area contributed by atoms with Gasteiger partial charge in [0.05, 0.1) is 18.3 Å². The van der Waals surface area contributed by atoms with E-state index < -0.39 is 0 Å². The standard InChI is InChI=1S/C19H31N5O.HI/c1-5-25-16-12-15(19(16)10-7-11-19)23-18(20-2)21-13-14-8-6-9-17(22-14)24(3)4;/h6,8-9,15-16H,5,7,10-13H2,1-4H3,(H2,20,21,23);1H. The molecule has 146 valence electrons. The molecule has 0 amide bonds. The summed E-state index contributed by atoms with van der Waals surface area (Å²) in [7, 11) is 5.83. The van der Waals surface area contributed by atoms with Gasteiger partial charge in [-0.2, -0.15) is 0 Å². The van der Waals surface area contributed by atoms with E-state index in [0.29, 0.717) is 24.1 Å². The summed E-state index contributed by atoms with van der Waals surface area (Å²) in [5.41, 5.74) is 1.34. The molecule has 2 saturated carbocycles. The Morgan fingerprint density at radius 3 is 2.73 bits per heavy atom. The summed E-state index contributed by atoms with van der Waals surface area (Å²) >= 11 is 0. The van der Waals surface area contributed by atoms with Crippen molar-refractivity contribution in [3.05, 3.63) is 23.9 Å². The first kappa shape index (κ1) is 21.2. The first-order chi connectivity index (χ1) is 12.1. The Morgan fingerprint density at radius 2 is 2.15 bits per heavy atom. The predicted molar refractivity (Wildman–Crippen MR) is 117 cm³/mol. The molecule has 2 aliphatic carbocycles. The number of halogens is 1. The van der Waals surface area contributed by atoms with Crippen LogP contribution in [0.25, 0.3) is 0 Å². The van der Waals surface area contributed by atoms with Crippen LogP contribution in [0.15, 0.2) is 23.2 Å². The molecule has 0 radical (unpaired) electrons. The molecular weight excluding hydrogens is 441 g/mol. The molecule has 26 heavy (non-hydrogen) atoms. The monoisotopic (exact) mass is 473 g/mol. The normalized spacial score (nSPS) is 23.5. The lowest BCUT2D eigenvalue weighted by Crippen LogP contribution is -2.68. The molecule has 2 N–H and O–H groups in total. The number of nitrogens with zero attached hydrogens (tertiary/aromatic N) is 3. The number of aromatic nitrogens is 1. The number of nitrogens with one attached hydrogen (secondary N) is 2. The van der Waals surface area contributed by atoms with E-state index in [1.807, 2.05) is 44.2 Å². The van der Waals surface area contributed by atoms with E-state index in [2.05, 4.69) is 27.5 Å². The molecule has 1 spiro atoms. The zero-order valence-electron chi connectivity index (χ0n) is 16.3. The summed E-state index contributed by atoms with van der Waals surface area (Å²) in [6, 6.07) is 6.55. The average molecular weight is 473 g/mol. The van der Waals surface area contributed by atoms with Crippen LogP contribution in [0.5, 0.6) is 0 Å². The van der Waals surface area contributed by atoms with Crippen LogP contribution in [0.3, 0.4) is 0 Å². The Kier molecular flexibility index (Phi) is 7.52. The highest BCUT2D eigenvalue weighted by Gasteiger charge is 2.59. The van der Waals surface area contributed by atoms with Crippen LogP contribution < -0.4 is 15.5 Å². The van der Waals surface area contributed by atoms with E-state index >= 15 is 0 Å². The molecule has 2 unspecified atom stereocenters. The maximum Gasteiger partial charge on any atom is 0.191 e. The maximum atomic E-state index is 5.93. The van der Waals surface area contributed by atoms with E-state index in [4.69, 9.17) is 4.74 Å². The van der Waals surface area contributed by atoms with Crippen LogP contribution in [0.4, 0.5) is 5.82 Å². The lowest BCUT2D eigenvalue weighted by atomic mass is 9.51. The van der Waals surface area contributed by atoms with Crippen molar-refractivity contribution in [2.45, 2.75) is 51.3 Å². The van der Waals surface area contributed by atoms with Gasteiger partial charge in [0.15, 0.2) is 5.96 Å². The van der Waals surface area contributed by atoms with Crippen LogP contribution in [0, 0.1) is 5.41 Å². The van der Waals surface area contributed by atoms with E-state index in [9.17, 15) is 0 Å². The number of pyridine rings is 1. The van der Waals surface area contributed by atoms with Gasteiger partial charge < -0.3 is 20.3 Å². The molecule has 0 saturated heterocycles. The second-order valence-corrected chi connectivity index (χ2v) is 7.27. The second-order valence-electron chi connectivity index (χ2n) is 7.27. The molecule has 2 fully saturated rings. The molecule has 1 heterocycles. The first-order valence-corrected chi connectivity index (χ1v) is 9.31. The molecule has 1 aromatic rings. The second kappa shape index (κ2) is 9.21. The molecule has 6 nitrogen and oxygen atoms in total. The van der Waals surface area contributed by atoms with E-state index in [1.54, 1.807) is 0 Å². The van der Waals surface area contributed by atoms with Gasteiger partial charge in [0.2, 0.25) is 0 Å². The Balaban J connectivity index is 0.00000243. The van der Waals surface area contributed by atoms with Crippen molar-refractivity contribution in [1.82, 2.24) is 15.6 Å².